The number of likely N-dealkylation sites (tertiary alicyclic amines) is 1. The zero-order valence-electron chi connectivity index (χ0n) is 13.7. The van der Waals surface area contributed by atoms with E-state index in [0.29, 0.717) is 17.9 Å². The van der Waals surface area contributed by atoms with Gasteiger partial charge in [-0.15, -0.1) is 0 Å². The summed E-state index contributed by atoms with van der Waals surface area (Å²) in [6, 6.07) is 4.38. The van der Waals surface area contributed by atoms with Crippen LogP contribution in [-0.4, -0.2) is 46.2 Å². The predicted molar refractivity (Wildman–Crippen MR) is 85.1 cm³/mol. The van der Waals surface area contributed by atoms with Gasteiger partial charge in [0.1, 0.15) is 11.2 Å². The molecule has 24 heavy (non-hydrogen) atoms. The smallest absolute Gasteiger partial charge is 0.314 e. The van der Waals surface area contributed by atoms with E-state index in [1.807, 2.05) is 0 Å². The van der Waals surface area contributed by atoms with Crippen LogP contribution in [0.15, 0.2) is 18.2 Å². The highest BCUT2D eigenvalue weighted by atomic mass is 19.1. The first-order chi connectivity index (χ1) is 11.3. The van der Waals surface area contributed by atoms with Gasteiger partial charge < -0.3 is 15.1 Å². The molecule has 0 unspecified atom stereocenters. The topological polar surface area (TPSA) is 77.8 Å². The minimum atomic E-state index is -1.35. The van der Waals surface area contributed by atoms with Gasteiger partial charge in [-0.2, -0.15) is 0 Å². The Hall–Kier alpha value is -1.95. The zero-order valence-corrected chi connectivity index (χ0v) is 13.7. The third-order valence-electron chi connectivity index (χ3n) is 5.20. The molecule has 2 aliphatic rings. The molecule has 2 atom stereocenters. The van der Waals surface area contributed by atoms with Gasteiger partial charge in [0.15, 0.2) is 0 Å². The summed E-state index contributed by atoms with van der Waals surface area (Å²) in [6.45, 7) is 1.89. The molecule has 0 aromatic heterocycles. The number of rotatable bonds is 4. The summed E-state index contributed by atoms with van der Waals surface area (Å²) in [6.07, 6.45) is 1.49. The first-order valence-corrected chi connectivity index (χ1v) is 8.30. The van der Waals surface area contributed by atoms with Crippen molar-refractivity contribution in [2.24, 2.45) is 11.3 Å². The van der Waals surface area contributed by atoms with Crippen LogP contribution in [0.3, 0.4) is 0 Å². The number of piperidine rings is 1. The minimum Gasteiger partial charge on any atom is -0.481 e. The lowest BCUT2D eigenvalue weighted by atomic mass is 9.73. The molecule has 2 N–H and O–H groups in total. The van der Waals surface area contributed by atoms with Gasteiger partial charge >= 0.3 is 5.97 Å². The Bertz CT molecular complexity index is 673. The van der Waals surface area contributed by atoms with Crippen molar-refractivity contribution in [3.63, 3.8) is 0 Å². The summed E-state index contributed by atoms with van der Waals surface area (Å²) in [5.74, 6) is -1.90. The largest absolute Gasteiger partial charge is 0.481 e. The number of aliphatic carboxylic acids is 1. The van der Waals surface area contributed by atoms with Crippen molar-refractivity contribution in [1.29, 1.82) is 0 Å². The van der Waals surface area contributed by atoms with E-state index in [-0.39, 0.29) is 25.1 Å². The first-order valence-electron chi connectivity index (χ1n) is 8.30. The van der Waals surface area contributed by atoms with E-state index in [1.165, 1.54) is 17.0 Å². The Morgan fingerprint density at radius 2 is 2.04 bits per heavy atom. The average molecular weight is 335 g/mol. The number of aryl methyl sites for hydroxylation is 1. The molecule has 1 amide bonds. The van der Waals surface area contributed by atoms with Crippen molar-refractivity contribution in [2.75, 3.05) is 13.1 Å². The lowest BCUT2D eigenvalue weighted by molar-refractivity contribution is -0.163. The van der Waals surface area contributed by atoms with Crippen molar-refractivity contribution in [2.45, 2.75) is 38.7 Å². The number of hydrogen-bond donors (Lipinski definition) is 2. The Morgan fingerprint density at radius 3 is 2.62 bits per heavy atom. The highest BCUT2D eigenvalue weighted by molar-refractivity contribution is 5.95. The fourth-order valence-electron chi connectivity index (χ4n) is 3.55. The molecule has 1 aliphatic carbocycles. The van der Waals surface area contributed by atoms with Crippen molar-refractivity contribution >= 4 is 11.9 Å². The number of benzene rings is 1. The van der Waals surface area contributed by atoms with Crippen LogP contribution in [0.2, 0.25) is 0 Å². The van der Waals surface area contributed by atoms with E-state index in [1.54, 1.807) is 13.0 Å². The Labute approximate surface area is 140 Å². The van der Waals surface area contributed by atoms with Crippen LogP contribution >= 0.6 is 0 Å². The fourth-order valence-corrected chi connectivity index (χ4v) is 3.55. The molecule has 5 nitrogen and oxygen atoms in total. The summed E-state index contributed by atoms with van der Waals surface area (Å²) in [4.78, 5) is 25.9. The molecule has 1 saturated heterocycles. The van der Waals surface area contributed by atoms with Gasteiger partial charge in [0.25, 0.3) is 5.91 Å². The molecule has 6 heteroatoms. The van der Waals surface area contributed by atoms with E-state index < -0.39 is 29.2 Å². The minimum absolute atomic E-state index is 0.0531. The number of carbonyl (C=O) groups is 2. The highest BCUT2D eigenvalue weighted by Gasteiger charge is 2.52. The van der Waals surface area contributed by atoms with Crippen LogP contribution < -0.4 is 0 Å². The highest BCUT2D eigenvalue weighted by Crippen LogP contribution is 2.45. The Balaban J connectivity index is 1.86. The standard InChI is InChI=1S/C18H22FNO4/c1-11-2-5-13(14(19)8-11)16(22)20-7-6-15(21)18(10-20,17(23)24)9-12-3-4-12/h2,5,8,12,15,21H,3-4,6-7,9-10H2,1H3,(H,23,24)/t15-,18+/m0/s1. The normalized spacial score (nSPS) is 27.1. The molecule has 0 spiro atoms. The van der Waals surface area contributed by atoms with Crippen LogP contribution in [0.5, 0.6) is 0 Å². The van der Waals surface area contributed by atoms with E-state index in [4.69, 9.17) is 0 Å². The molecule has 1 aromatic carbocycles. The summed E-state index contributed by atoms with van der Waals surface area (Å²) >= 11 is 0. The third-order valence-corrected chi connectivity index (χ3v) is 5.20. The van der Waals surface area contributed by atoms with Crippen LogP contribution in [0, 0.1) is 24.1 Å². The van der Waals surface area contributed by atoms with Gasteiger partial charge in [0.2, 0.25) is 0 Å². The van der Waals surface area contributed by atoms with Crippen molar-refractivity contribution in [3.8, 4) is 0 Å². The molecule has 3 rings (SSSR count). The first kappa shape index (κ1) is 16.9. The molecule has 2 fully saturated rings. The van der Waals surface area contributed by atoms with Gasteiger partial charge in [-0.05, 0) is 43.4 Å². The average Bonchev–Trinajstić information content (AvgIpc) is 3.32. The third kappa shape index (κ3) is 3.02. The van der Waals surface area contributed by atoms with Crippen LogP contribution in [0.1, 0.15) is 41.6 Å². The van der Waals surface area contributed by atoms with Gasteiger partial charge in [0.05, 0.1) is 11.7 Å². The lowest BCUT2D eigenvalue weighted by Gasteiger charge is -2.43. The summed E-state index contributed by atoms with van der Waals surface area (Å²) in [5.41, 5.74) is -0.689. The monoisotopic (exact) mass is 335 g/mol. The molecule has 1 saturated carbocycles. The number of hydrogen-bond acceptors (Lipinski definition) is 3. The number of carboxylic acids is 1. The van der Waals surface area contributed by atoms with E-state index in [9.17, 15) is 24.2 Å². The maximum atomic E-state index is 14.1. The molecule has 1 aliphatic heterocycles. The zero-order chi connectivity index (χ0) is 17.5. The number of nitrogens with zero attached hydrogens (tertiary/aromatic N) is 1. The Morgan fingerprint density at radius 1 is 1.33 bits per heavy atom. The van der Waals surface area contributed by atoms with Gasteiger partial charge in [-0.25, -0.2) is 4.39 Å². The number of aliphatic hydroxyl groups excluding tert-OH is 1. The summed E-state index contributed by atoms with van der Waals surface area (Å²) in [5, 5.41) is 20.1. The fraction of sp³-hybridized carbons (Fsp3) is 0.556. The maximum absolute atomic E-state index is 14.1. The van der Waals surface area contributed by atoms with Crippen molar-refractivity contribution in [1.82, 2.24) is 4.90 Å². The molecule has 0 bridgehead atoms. The number of halogens is 1. The van der Waals surface area contributed by atoms with Gasteiger partial charge in [-0.1, -0.05) is 18.9 Å². The second-order valence-electron chi connectivity index (χ2n) is 7.12. The summed E-state index contributed by atoms with van der Waals surface area (Å²) in [7, 11) is 0. The van der Waals surface area contributed by atoms with E-state index in [0.717, 1.165) is 12.8 Å². The van der Waals surface area contributed by atoms with E-state index >= 15 is 0 Å². The van der Waals surface area contributed by atoms with Crippen LogP contribution in [-0.2, 0) is 4.79 Å². The predicted octanol–water partition coefficient (Wildman–Crippen LogP) is 2.21. The van der Waals surface area contributed by atoms with Crippen LogP contribution in [0.4, 0.5) is 4.39 Å². The van der Waals surface area contributed by atoms with Crippen molar-refractivity contribution in [3.05, 3.63) is 35.1 Å². The number of amides is 1. The lowest BCUT2D eigenvalue weighted by Crippen LogP contribution is -2.57. The molecular weight excluding hydrogens is 313 g/mol. The Kier molecular flexibility index (Phi) is 4.34. The number of carbonyl (C=O) groups excluding carboxylic acids is 1. The number of aliphatic hydroxyl groups is 1. The van der Waals surface area contributed by atoms with Crippen LogP contribution in [0.25, 0.3) is 0 Å². The maximum Gasteiger partial charge on any atom is 0.314 e. The summed E-state index contributed by atoms with van der Waals surface area (Å²) < 4.78 is 14.1. The second kappa shape index (κ2) is 6.16. The molecule has 0 radical (unpaired) electrons. The number of carboxylic acid groups (broad SMARTS) is 1. The van der Waals surface area contributed by atoms with Crippen molar-refractivity contribution < 1.29 is 24.2 Å². The molecular formula is C18H22FNO4. The van der Waals surface area contributed by atoms with Gasteiger partial charge in [0, 0.05) is 13.1 Å². The second-order valence-corrected chi connectivity index (χ2v) is 7.12. The molecule has 130 valence electrons. The van der Waals surface area contributed by atoms with Gasteiger partial charge in [-0.3, -0.25) is 9.59 Å². The van der Waals surface area contributed by atoms with E-state index in [2.05, 4.69) is 0 Å². The SMILES string of the molecule is Cc1ccc(C(=O)N2CC[C@H](O)[C@](CC3CC3)(C(=O)O)C2)c(F)c1. The molecule has 1 heterocycles. The quantitative estimate of drug-likeness (QED) is 0.884. The molecule has 1 aromatic rings.